The van der Waals surface area contributed by atoms with Crippen LogP contribution in [0.15, 0.2) is 4.52 Å². The van der Waals surface area contributed by atoms with Crippen molar-refractivity contribution >= 4 is 5.97 Å². The van der Waals surface area contributed by atoms with Crippen LogP contribution in [0, 0.1) is 0 Å². The molecule has 0 atom stereocenters. The summed E-state index contributed by atoms with van der Waals surface area (Å²) in [7, 11) is 0. The summed E-state index contributed by atoms with van der Waals surface area (Å²) in [4.78, 5) is 17.0. The van der Waals surface area contributed by atoms with Crippen LogP contribution in [0.3, 0.4) is 0 Å². The molecule has 2 saturated carbocycles. The first-order valence-corrected chi connectivity index (χ1v) is 6.00. The molecule has 6 heteroatoms. The average molecular weight is 237 g/mol. The van der Waals surface area contributed by atoms with E-state index in [4.69, 9.17) is 9.63 Å². The Labute approximate surface area is 98.6 Å². The summed E-state index contributed by atoms with van der Waals surface area (Å²) in [5.74, 6) is 0.992. The Bertz CT molecular complexity index is 423. The van der Waals surface area contributed by atoms with Crippen LogP contribution in [0.5, 0.6) is 0 Å². The van der Waals surface area contributed by atoms with E-state index in [0.717, 1.165) is 31.5 Å². The fourth-order valence-electron chi connectivity index (χ4n) is 1.94. The highest BCUT2D eigenvalue weighted by molar-refractivity contribution is 5.69. The normalized spacial score (nSPS) is 19.8. The van der Waals surface area contributed by atoms with Gasteiger partial charge in [0.15, 0.2) is 5.82 Å². The van der Waals surface area contributed by atoms with Gasteiger partial charge in [0.25, 0.3) is 0 Å². The second kappa shape index (κ2) is 4.10. The SMILES string of the molecule is O=C(O)CN(Cc1nc(C2CC2)no1)C1CC1. The molecule has 17 heavy (non-hydrogen) atoms. The molecule has 2 aliphatic carbocycles. The quantitative estimate of drug-likeness (QED) is 0.795. The Hall–Kier alpha value is -1.43. The maximum Gasteiger partial charge on any atom is 0.317 e. The second-order valence-corrected chi connectivity index (χ2v) is 4.85. The third kappa shape index (κ3) is 2.63. The molecular weight excluding hydrogens is 222 g/mol. The summed E-state index contributed by atoms with van der Waals surface area (Å²) in [5.41, 5.74) is 0. The van der Waals surface area contributed by atoms with E-state index in [-0.39, 0.29) is 6.54 Å². The fourth-order valence-corrected chi connectivity index (χ4v) is 1.94. The monoisotopic (exact) mass is 237 g/mol. The van der Waals surface area contributed by atoms with Crippen molar-refractivity contribution in [3.05, 3.63) is 11.7 Å². The Morgan fingerprint density at radius 2 is 2.18 bits per heavy atom. The van der Waals surface area contributed by atoms with E-state index in [1.165, 1.54) is 0 Å². The maximum atomic E-state index is 10.7. The topological polar surface area (TPSA) is 79.5 Å². The molecule has 2 aliphatic rings. The van der Waals surface area contributed by atoms with E-state index < -0.39 is 5.97 Å². The molecule has 0 aromatic carbocycles. The minimum absolute atomic E-state index is 0.0474. The number of rotatable bonds is 6. The number of carboxylic acids is 1. The fraction of sp³-hybridized carbons (Fsp3) is 0.727. The zero-order valence-corrected chi connectivity index (χ0v) is 9.50. The second-order valence-electron chi connectivity index (χ2n) is 4.85. The lowest BCUT2D eigenvalue weighted by Crippen LogP contribution is -2.31. The maximum absolute atomic E-state index is 10.7. The lowest BCUT2D eigenvalue weighted by molar-refractivity contribution is -0.138. The summed E-state index contributed by atoms with van der Waals surface area (Å²) in [5, 5.41) is 12.8. The van der Waals surface area contributed by atoms with Gasteiger partial charge in [0.2, 0.25) is 5.89 Å². The highest BCUT2D eigenvalue weighted by Gasteiger charge is 2.33. The van der Waals surface area contributed by atoms with Crippen LogP contribution < -0.4 is 0 Å². The van der Waals surface area contributed by atoms with Crippen LogP contribution in [0.1, 0.15) is 43.3 Å². The molecule has 0 unspecified atom stereocenters. The number of hydrogen-bond acceptors (Lipinski definition) is 5. The third-order valence-corrected chi connectivity index (χ3v) is 3.17. The van der Waals surface area contributed by atoms with Gasteiger partial charge in [0.1, 0.15) is 0 Å². The Morgan fingerprint density at radius 3 is 2.76 bits per heavy atom. The number of nitrogens with zero attached hydrogens (tertiary/aromatic N) is 3. The van der Waals surface area contributed by atoms with Crippen molar-refractivity contribution in [2.24, 2.45) is 0 Å². The molecule has 0 spiro atoms. The summed E-state index contributed by atoms with van der Waals surface area (Å²) < 4.78 is 5.16. The van der Waals surface area contributed by atoms with Gasteiger partial charge in [-0.3, -0.25) is 9.69 Å². The van der Waals surface area contributed by atoms with E-state index in [2.05, 4.69) is 10.1 Å². The zero-order valence-electron chi connectivity index (χ0n) is 9.50. The molecule has 0 saturated heterocycles. The molecule has 0 aliphatic heterocycles. The first kappa shape index (κ1) is 10.7. The molecule has 92 valence electrons. The van der Waals surface area contributed by atoms with Crippen molar-refractivity contribution in [2.45, 2.75) is 44.2 Å². The average Bonchev–Trinajstić information content (AvgIpc) is 3.17. The van der Waals surface area contributed by atoms with Crippen LogP contribution in [-0.2, 0) is 11.3 Å². The number of carbonyl (C=O) groups is 1. The van der Waals surface area contributed by atoms with Gasteiger partial charge < -0.3 is 9.63 Å². The molecule has 0 radical (unpaired) electrons. The van der Waals surface area contributed by atoms with E-state index in [1.54, 1.807) is 0 Å². The molecular formula is C11H15N3O3. The van der Waals surface area contributed by atoms with Crippen LogP contribution in [-0.4, -0.2) is 38.7 Å². The zero-order chi connectivity index (χ0) is 11.8. The Kier molecular flexibility index (Phi) is 2.58. The number of aromatic nitrogens is 2. The van der Waals surface area contributed by atoms with Crippen LogP contribution in [0.4, 0.5) is 0 Å². The first-order valence-electron chi connectivity index (χ1n) is 6.00. The number of hydrogen-bond donors (Lipinski definition) is 1. The van der Waals surface area contributed by atoms with Gasteiger partial charge in [-0.1, -0.05) is 5.16 Å². The largest absolute Gasteiger partial charge is 0.480 e. The van der Waals surface area contributed by atoms with E-state index in [1.807, 2.05) is 4.90 Å². The lowest BCUT2D eigenvalue weighted by atomic mass is 10.4. The molecule has 6 nitrogen and oxygen atoms in total. The predicted molar refractivity (Wildman–Crippen MR) is 57.3 cm³/mol. The molecule has 1 heterocycles. The standard InChI is InChI=1S/C11H15N3O3/c15-10(16)6-14(8-3-4-8)5-9-12-11(13-17-9)7-1-2-7/h7-8H,1-6H2,(H,15,16). The Morgan fingerprint density at radius 1 is 1.41 bits per heavy atom. The first-order chi connectivity index (χ1) is 8.22. The molecule has 1 N–H and O–H groups in total. The van der Waals surface area contributed by atoms with Crippen molar-refractivity contribution in [3.63, 3.8) is 0 Å². The minimum Gasteiger partial charge on any atom is -0.480 e. The molecule has 3 rings (SSSR count). The summed E-state index contributed by atoms with van der Waals surface area (Å²) in [6.45, 7) is 0.502. The van der Waals surface area contributed by atoms with Crippen molar-refractivity contribution < 1.29 is 14.4 Å². The number of aliphatic carboxylic acids is 1. The van der Waals surface area contributed by atoms with Crippen molar-refractivity contribution in [1.29, 1.82) is 0 Å². The van der Waals surface area contributed by atoms with Gasteiger partial charge in [-0.25, -0.2) is 0 Å². The van der Waals surface area contributed by atoms with Gasteiger partial charge in [0, 0.05) is 12.0 Å². The van der Waals surface area contributed by atoms with Crippen LogP contribution in [0.2, 0.25) is 0 Å². The third-order valence-electron chi connectivity index (χ3n) is 3.17. The molecule has 0 bridgehead atoms. The van der Waals surface area contributed by atoms with Gasteiger partial charge in [-0.15, -0.1) is 0 Å². The van der Waals surface area contributed by atoms with E-state index >= 15 is 0 Å². The van der Waals surface area contributed by atoms with Crippen molar-refractivity contribution in [3.8, 4) is 0 Å². The van der Waals surface area contributed by atoms with Gasteiger partial charge in [-0.05, 0) is 25.7 Å². The predicted octanol–water partition coefficient (Wildman–Crippen LogP) is 0.996. The molecule has 1 aromatic heterocycles. The van der Waals surface area contributed by atoms with E-state index in [9.17, 15) is 4.79 Å². The van der Waals surface area contributed by atoms with E-state index in [0.29, 0.717) is 24.4 Å². The van der Waals surface area contributed by atoms with Gasteiger partial charge in [-0.2, -0.15) is 4.98 Å². The summed E-state index contributed by atoms with van der Waals surface area (Å²) >= 11 is 0. The Balaban J connectivity index is 1.63. The van der Waals surface area contributed by atoms with Crippen LogP contribution >= 0.6 is 0 Å². The number of carboxylic acid groups (broad SMARTS) is 1. The van der Waals surface area contributed by atoms with Crippen molar-refractivity contribution in [2.75, 3.05) is 6.54 Å². The van der Waals surface area contributed by atoms with Crippen LogP contribution in [0.25, 0.3) is 0 Å². The highest BCUT2D eigenvalue weighted by Crippen LogP contribution is 2.38. The highest BCUT2D eigenvalue weighted by atomic mass is 16.5. The van der Waals surface area contributed by atoms with Crippen molar-refractivity contribution in [1.82, 2.24) is 15.0 Å². The summed E-state index contributed by atoms with van der Waals surface area (Å²) in [6, 6.07) is 0.377. The molecule has 1 aromatic rings. The molecule has 2 fully saturated rings. The van der Waals surface area contributed by atoms with Gasteiger partial charge in [0.05, 0.1) is 13.1 Å². The summed E-state index contributed by atoms with van der Waals surface area (Å²) in [6.07, 6.45) is 4.41. The van der Waals surface area contributed by atoms with Gasteiger partial charge >= 0.3 is 5.97 Å². The molecule has 0 amide bonds. The minimum atomic E-state index is -0.807. The smallest absolute Gasteiger partial charge is 0.317 e. The lowest BCUT2D eigenvalue weighted by Gasteiger charge is -2.16.